The summed E-state index contributed by atoms with van der Waals surface area (Å²) >= 11 is 0. The van der Waals surface area contributed by atoms with Crippen LogP contribution in [0.3, 0.4) is 0 Å². The van der Waals surface area contributed by atoms with Crippen LogP contribution >= 0.6 is 0 Å². The van der Waals surface area contributed by atoms with E-state index in [9.17, 15) is 20.1 Å². The molecule has 0 spiro atoms. The molecule has 0 saturated heterocycles. The molecule has 0 aliphatic heterocycles. The summed E-state index contributed by atoms with van der Waals surface area (Å²) in [6.45, 7) is 0. The van der Waals surface area contributed by atoms with E-state index in [1.54, 1.807) is 13.2 Å². The highest BCUT2D eigenvalue weighted by Crippen LogP contribution is 2.34. The molecule has 0 atom stereocenters. The number of aromatic hydroxyl groups is 3. The van der Waals surface area contributed by atoms with Gasteiger partial charge in [0.1, 0.15) is 5.58 Å². The van der Waals surface area contributed by atoms with Crippen molar-refractivity contribution < 1.29 is 19.7 Å². The number of phenolic OH excluding ortho intramolecular Hbond substituents is 2. The predicted octanol–water partition coefficient (Wildman–Crippen LogP) is 1.31. The van der Waals surface area contributed by atoms with Gasteiger partial charge in [-0.15, -0.1) is 0 Å². The number of aromatic nitrogens is 2. The van der Waals surface area contributed by atoms with Crippen molar-refractivity contribution in [1.29, 1.82) is 0 Å². The number of hydrogen-bond donors (Lipinski definition) is 3. The minimum atomic E-state index is -0.694. The Morgan fingerprint density at radius 3 is 2.55 bits per heavy atom. The highest BCUT2D eigenvalue weighted by Gasteiger charge is 2.18. The summed E-state index contributed by atoms with van der Waals surface area (Å²) in [5, 5.41) is 32.7. The van der Waals surface area contributed by atoms with E-state index in [-0.39, 0.29) is 16.7 Å². The van der Waals surface area contributed by atoms with Crippen LogP contribution in [0, 0.1) is 0 Å². The first-order valence-electron chi connectivity index (χ1n) is 5.68. The van der Waals surface area contributed by atoms with E-state index in [1.807, 2.05) is 0 Å². The number of phenols is 2. The lowest BCUT2D eigenvalue weighted by molar-refractivity contribution is 0.403. The number of fused-ring (bicyclic) bond motifs is 1. The van der Waals surface area contributed by atoms with Gasteiger partial charge in [-0.3, -0.25) is 9.48 Å². The van der Waals surface area contributed by atoms with E-state index in [4.69, 9.17) is 4.42 Å². The zero-order valence-electron chi connectivity index (χ0n) is 10.4. The van der Waals surface area contributed by atoms with Crippen molar-refractivity contribution in [3.8, 4) is 28.6 Å². The van der Waals surface area contributed by atoms with E-state index < -0.39 is 22.7 Å². The zero-order chi connectivity index (χ0) is 14.4. The fourth-order valence-electron chi connectivity index (χ4n) is 1.94. The Bertz CT molecular complexity index is 878. The summed E-state index contributed by atoms with van der Waals surface area (Å²) in [6.07, 6.45) is 3.01. The lowest BCUT2D eigenvalue weighted by atomic mass is 10.1. The molecule has 2 heterocycles. The van der Waals surface area contributed by atoms with Crippen molar-refractivity contribution in [2.75, 3.05) is 0 Å². The van der Waals surface area contributed by atoms with Crippen LogP contribution in [0.2, 0.25) is 0 Å². The fourth-order valence-corrected chi connectivity index (χ4v) is 1.94. The Labute approximate surface area is 111 Å². The summed E-state index contributed by atoms with van der Waals surface area (Å²) in [4.78, 5) is 12.1. The highest BCUT2D eigenvalue weighted by molar-refractivity contribution is 5.84. The smallest absolute Gasteiger partial charge is 0.235 e. The van der Waals surface area contributed by atoms with E-state index in [0.29, 0.717) is 5.56 Å². The molecule has 102 valence electrons. The molecule has 3 aromatic rings. The molecule has 7 heteroatoms. The molecule has 0 saturated carbocycles. The van der Waals surface area contributed by atoms with Gasteiger partial charge in [0.15, 0.2) is 17.3 Å². The highest BCUT2D eigenvalue weighted by atomic mass is 16.4. The summed E-state index contributed by atoms with van der Waals surface area (Å²) in [6, 6.07) is 2.16. The minimum Gasteiger partial charge on any atom is -0.504 e. The van der Waals surface area contributed by atoms with Gasteiger partial charge in [-0.2, -0.15) is 5.10 Å². The molecule has 0 amide bonds. The van der Waals surface area contributed by atoms with Crippen LogP contribution in [0.4, 0.5) is 0 Å². The second kappa shape index (κ2) is 4.02. The van der Waals surface area contributed by atoms with E-state index in [2.05, 4.69) is 5.10 Å². The van der Waals surface area contributed by atoms with Gasteiger partial charge < -0.3 is 19.7 Å². The third-order valence-electron chi connectivity index (χ3n) is 2.93. The first kappa shape index (κ1) is 12.1. The molecular formula is C13H10N2O5. The van der Waals surface area contributed by atoms with Gasteiger partial charge in [-0.05, 0) is 6.07 Å². The molecule has 0 aliphatic rings. The lowest BCUT2D eigenvalue weighted by Gasteiger charge is -2.05. The molecule has 0 radical (unpaired) electrons. The molecule has 3 rings (SSSR count). The minimum absolute atomic E-state index is 0.0227. The Morgan fingerprint density at radius 2 is 1.90 bits per heavy atom. The molecule has 20 heavy (non-hydrogen) atoms. The van der Waals surface area contributed by atoms with Gasteiger partial charge in [0.25, 0.3) is 0 Å². The Morgan fingerprint density at radius 1 is 1.20 bits per heavy atom. The number of hydrogen-bond acceptors (Lipinski definition) is 6. The molecular weight excluding hydrogens is 264 g/mol. The van der Waals surface area contributed by atoms with Crippen molar-refractivity contribution in [3.05, 3.63) is 34.7 Å². The van der Waals surface area contributed by atoms with Gasteiger partial charge in [-0.1, -0.05) is 0 Å². The van der Waals surface area contributed by atoms with Crippen LogP contribution in [0.25, 0.3) is 22.3 Å². The molecule has 3 N–H and O–H groups in total. The monoisotopic (exact) mass is 274 g/mol. The fraction of sp³-hybridized carbons (Fsp3) is 0.0769. The van der Waals surface area contributed by atoms with E-state index in [1.165, 1.54) is 10.9 Å². The maximum absolute atomic E-state index is 12.1. The Hall–Kier alpha value is -2.96. The lowest BCUT2D eigenvalue weighted by Crippen LogP contribution is -2.02. The Kier molecular flexibility index (Phi) is 2.43. The van der Waals surface area contributed by atoms with Crippen LogP contribution in [-0.4, -0.2) is 25.1 Å². The van der Waals surface area contributed by atoms with Gasteiger partial charge >= 0.3 is 0 Å². The normalized spacial score (nSPS) is 11.1. The van der Waals surface area contributed by atoms with Crippen LogP contribution < -0.4 is 5.43 Å². The molecule has 2 aromatic heterocycles. The van der Waals surface area contributed by atoms with Crippen molar-refractivity contribution >= 4 is 11.0 Å². The summed E-state index contributed by atoms with van der Waals surface area (Å²) in [5.74, 6) is -1.49. The summed E-state index contributed by atoms with van der Waals surface area (Å²) in [5.41, 5.74) is -0.209. The number of benzene rings is 1. The average molecular weight is 274 g/mol. The van der Waals surface area contributed by atoms with Crippen LogP contribution in [0.15, 0.2) is 33.7 Å². The number of nitrogens with zero attached hydrogens (tertiary/aromatic N) is 2. The van der Waals surface area contributed by atoms with Crippen molar-refractivity contribution in [3.63, 3.8) is 0 Å². The summed E-state index contributed by atoms with van der Waals surface area (Å²) in [7, 11) is 1.68. The van der Waals surface area contributed by atoms with Crippen LogP contribution in [-0.2, 0) is 7.05 Å². The first-order chi connectivity index (χ1) is 9.47. The topological polar surface area (TPSA) is 109 Å². The summed E-state index contributed by atoms with van der Waals surface area (Å²) < 4.78 is 6.93. The van der Waals surface area contributed by atoms with E-state index >= 15 is 0 Å². The van der Waals surface area contributed by atoms with E-state index in [0.717, 1.165) is 12.1 Å². The van der Waals surface area contributed by atoms with Gasteiger partial charge in [0, 0.05) is 19.3 Å². The van der Waals surface area contributed by atoms with Crippen molar-refractivity contribution in [2.24, 2.45) is 7.05 Å². The van der Waals surface area contributed by atoms with Gasteiger partial charge in [0.05, 0.1) is 17.1 Å². The first-order valence-corrected chi connectivity index (χ1v) is 5.68. The molecule has 0 fully saturated rings. The third-order valence-corrected chi connectivity index (χ3v) is 2.93. The average Bonchev–Trinajstić information content (AvgIpc) is 2.83. The van der Waals surface area contributed by atoms with Crippen LogP contribution in [0.5, 0.6) is 17.2 Å². The zero-order valence-corrected chi connectivity index (χ0v) is 10.4. The molecule has 0 aliphatic carbocycles. The molecule has 0 bridgehead atoms. The Balaban J connectivity index is 2.38. The second-order valence-corrected chi connectivity index (χ2v) is 4.35. The SMILES string of the molecule is Cn1cc(-c2oc3cc(O)c(O)cc3c(=O)c2O)cn1. The van der Waals surface area contributed by atoms with Gasteiger partial charge in [-0.25, -0.2) is 0 Å². The maximum Gasteiger partial charge on any atom is 0.235 e. The van der Waals surface area contributed by atoms with Crippen LogP contribution in [0.1, 0.15) is 0 Å². The van der Waals surface area contributed by atoms with Gasteiger partial charge in [0.2, 0.25) is 11.2 Å². The maximum atomic E-state index is 12.1. The largest absolute Gasteiger partial charge is 0.504 e. The number of rotatable bonds is 1. The molecule has 7 nitrogen and oxygen atoms in total. The molecule has 1 aromatic carbocycles. The van der Waals surface area contributed by atoms with Crippen molar-refractivity contribution in [1.82, 2.24) is 9.78 Å². The predicted molar refractivity (Wildman–Crippen MR) is 69.7 cm³/mol. The van der Waals surface area contributed by atoms with Crippen molar-refractivity contribution in [2.45, 2.75) is 0 Å². The second-order valence-electron chi connectivity index (χ2n) is 4.35. The molecule has 0 unspecified atom stereocenters. The standard InChI is InChI=1S/C13H10N2O5/c1-15-5-6(4-14-15)13-12(19)11(18)7-2-8(16)9(17)3-10(7)20-13/h2-5,16-17,19H,1H3. The third kappa shape index (κ3) is 1.68. The number of aryl methyl sites for hydroxylation is 1. The quantitative estimate of drug-likeness (QED) is 0.577.